The van der Waals surface area contributed by atoms with Gasteiger partial charge in [-0.1, -0.05) is 35.9 Å². The molecule has 2 aromatic rings. The van der Waals surface area contributed by atoms with Crippen LogP contribution in [0.4, 0.5) is 5.82 Å². The van der Waals surface area contributed by atoms with E-state index in [2.05, 4.69) is 15.1 Å². The third-order valence-electron chi connectivity index (χ3n) is 2.93. The number of rotatable bonds is 1. The van der Waals surface area contributed by atoms with Crippen LogP contribution in [-0.2, 0) is 4.74 Å². The Bertz CT molecular complexity index is 540. The van der Waals surface area contributed by atoms with Crippen molar-refractivity contribution in [2.75, 3.05) is 31.2 Å². The first-order valence-electron chi connectivity index (χ1n) is 5.60. The fourth-order valence-corrected chi connectivity index (χ4v) is 2.27. The van der Waals surface area contributed by atoms with Crippen molar-refractivity contribution in [2.45, 2.75) is 0 Å². The van der Waals surface area contributed by atoms with Gasteiger partial charge in [-0.2, -0.15) is 0 Å². The molecular weight excluding hydrogens is 238 g/mol. The number of benzene rings is 1. The first-order valence-corrected chi connectivity index (χ1v) is 5.97. The molecule has 1 aromatic heterocycles. The fraction of sp³-hybridized carbons (Fsp3) is 0.333. The second kappa shape index (κ2) is 4.47. The van der Waals surface area contributed by atoms with Gasteiger partial charge in [-0.25, -0.2) is 0 Å². The molecule has 4 nitrogen and oxygen atoms in total. The van der Waals surface area contributed by atoms with E-state index in [1.165, 1.54) is 0 Å². The van der Waals surface area contributed by atoms with Crippen molar-refractivity contribution in [1.29, 1.82) is 0 Å². The van der Waals surface area contributed by atoms with Crippen LogP contribution in [0, 0.1) is 0 Å². The van der Waals surface area contributed by atoms with E-state index in [9.17, 15) is 0 Å². The summed E-state index contributed by atoms with van der Waals surface area (Å²) in [5.74, 6) is 0.897. The molecule has 1 aliphatic rings. The summed E-state index contributed by atoms with van der Waals surface area (Å²) in [6.45, 7) is 3.16. The molecule has 0 bridgehead atoms. The quantitative estimate of drug-likeness (QED) is 0.776. The van der Waals surface area contributed by atoms with Gasteiger partial charge in [-0.05, 0) is 0 Å². The van der Waals surface area contributed by atoms with Crippen molar-refractivity contribution in [1.82, 2.24) is 10.2 Å². The zero-order chi connectivity index (χ0) is 11.7. The molecule has 0 N–H and O–H groups in total. The number of halogens is 1. The van der Waals surface area contributed by atoms with Crippen LogP contribution in [0.2, 0.25) is 5.15 Å². The zero-order valence-electron chi connectivity index (χ0n) is 9.27. The maximum Gasteiger partial charge on any atom is 0.159 e. The minimum Gasteiger partial charge on any atom is -0.378 e. The molecule has 1 aromatic carbocycles. The van der Waals surface area contributed by atoms with Crippen molar-refractivity contribution in [2.24, 2.45) is 0 Å². The molecular formula is C12H12ClN3O. The van der Waals surface area contributed by atoms with E-state index in [1.54, 1.807) is 0 Å². The Morgan fingerprint density at radius 3 is 2.53 bits per heavy atom. The van der Waals surface area contributed by atoms with E-state index in [0.717, 1.165) is 42.9 Å². The van der Waals surface area contributed by atoms with Crippen LogP contribution in [0.3, 0.4) is 0 Å². The largest absolute Gasteiger partial charge is 0.378 e. The lowest BCUT2D eigenvalue weighted by atomic mass is 10.2. The van der Waals surface area contributed by atoms with E-state index in [-0.39, 0.29) is 0 Å². The van der Waals surface area contributed by atoms with Gasteiger partial charge in [0.1, 0.15) is 0 Å². The van der Waals surface area contributed by atoms with Crippen molar-refractivity contribution in [3.63, 3.8) is 0 Å². The molecule has 0 unspecified atom stereocenters. The summed E-state index contributed by atoms with van der Waals surface area (Å²) in [6, 6.07) is 7.94. The number of nitrogens with zero attached hydrogens (tertiary/aromatic N) is 3. The average Bonchev–Trinajstić information content (AvgIpc) is 2.41. The Kier molecular flexibility index (Phi) is 2.82. The van der Waals surface area contributed by atoms with Gasteiger partial charge in [0.15, 0.2) is 11.0 Å². The minimum atomic E-state index is 0.456. The Labute approximate surface area is 104 Å². The lowest BCUT2D eigenvalue weighted by Gasteiger charge is -2.28. The monoisotopic (exact) mass is 249 g/mol. The van der Waals surface area contributed by atoms with Crippen molar-refractivity contribution in [3.05, 3.63) is 29.4 Å². The number of hydrogen-bond donors (Lipinski definition) is 0. The first-order chi connectivity index (χ1) is 8.36. The predicted molar refractivity (Wildman–Crippen MR) is 67.6 cm³/mol. The van der Waals surface area contributed by atoms with Gasteiger partial charge in [0.25, 0.3) is 0 Å². The van der Waals surface area contributed by atoms with E-state index in [0.29, 0.717) is 5.15 Å². The van der Waals surface area contributed by atoms with Crippen molar-refractivity contribution < 1.29 is 4.74 Å². The topological polar surface area (TPSA) is 38.2 Å². The molecule has 0 atom stereocenters. The van der Waals surface area contributed by atoms with Gasteiger partial charge < -0.3 is 9.64 Å². The number of ether oxygens (including phenoxy) is 1. The molecule has 5 heteroatoms. The van der Waals surface area contributed by atoms with Crippen LogP contribution in [0.15, 0.2) is 24.3 Å². The summed E-state index contributed by atoms with van der Waals surface area (Å²) in [5, 5.41) is 10.7. The lowest BCUT2D eigenvalue weighted by molar-refractivity contribution is 0.122. The summed E-state index contributed by atoms with van der Waals surface area (Å²) in [6.07, 6.45) is 0. The third kappa shape index (κ3) is 1.94. The molecule has 88 valence electrons. The van der Waals surface area contributed by atoms with E-state index < -0.39 is 0 Å². The highest BCUT2D eigenvalue weighted by Crippen LogP contribution is 2.28. The summed E-state index contributed by atoms with van der Waals surface area (Å²) in [7, 11) is 0. The predicted octanol–water partition coefficient (Wildman–Crippen LogP) is 2.12. The van der Waals surface area contributed by atoms with E-state index in [1.807, 2.05) is 24.3 Å². The third-order valence-corrected chi connectivity index (χ3v) is 3.21. The smallest absolute Gasteiger partial charge is 0.159 e. The van der Waals surface area contributed by atoms with Gasteiger partial charge in [0.2, 0.25) is 0 Å². The van der Waals surface area contributed by atoms with Gasteiger partial charge in [-0.15, -0.1) is 10.2 Å². The highest BCUT2D eigenvalue weighted by atomic mass is 35.5. The van der Waals surface area contributed by atoms with Gasteiger partial charge in [0, 0.05) is 23.9 Å². The number of anilines is 1. The molecule has 1 fully saturated rings. The van der Waals surface area contributed by atoms with Crippen LogP contribution in [0.25, 0.3) is 10.8 Å². The highest BCUT2D eigenvalue weighted by molar-refractivity contribution is 6.34. The zero-order valence-corrected chi connectivity index (χ0v) is 10.0. The van der Waals surface area contributed by atoms with E-state index in [4.69, 9.17) is 16.3 Å². The second-order valence-electron chi connectivity index (χ2n) is 3.96. The van der Waals surface area contributed by atoms with Crippen LogP contribution in [-0.4, -0.2) is 36.5 Å². The SMILES string of the molecule is Clc1nnc(N2CCOCC2)c2ccccc12. The van der Waals surface area contributed by atoms with Crippen LogP contribution >= 0.6 is 11.6 Å². The fourth-order valence-electron chi connectivity index (χ4n) is 2.07. The molecule has 0 spiro atoms. The van der Waals surface area contributed by atoms with Gasteiger partial charge >= 0.3 is 0 Å². The van der Waals surface area contributed by atoms with Crippen LogP contribution in [0.5, 0.6) is 0 Å². The van der Waals surface area contributed by atoms with Crippen molar-refractivity contribution >= 4 is 28.2 Å². The normalized spacial score (nSPS) is 16.4. The van der Waals surface area contributed by atoms with Gasteiger partial charge in [-0.3, -0.25) is 0 Å². The highest BCUT2D eigenvalue weighted by Gasteiger charge is 2.16. The van der Waals surface area contributed by atoms with Crippen LogP contribution < -0.4 is 4.90 Å². The van der Waals surface area contributed by atoms with Crippen LogP contribution in [0.1, 0.15) is 0 Å². The Balaban J connectivity index is 2.12. The molecule has 1 saturated heterocycles. The van der Waals surface area contributed by atoms with Crippen molar-refractivity contribution in [3.8, 4) is 0 Å². The Morgan fingerprint density at radius 1 is 1.06 bits per heavy atom. The summed E-state index contributed by atoms with van der Waals surface area (Å²) in [5.41, 5.74) is 0. The first kappa shape index (κ1) is 10.7. The summed E-state index contributed by atoms with van der Waals surface area (Å²) in [4.78, 5) is 2.19. The number of fused-ring (bicyclic) bond motifs is 1. The summed E-state index contributed by atoms with van der Waals surface area (Å²) >= 11 is 6.05. The number of hydrogen-bond acceptors (Lipinski definition) is 4. The Hall–Kier alpha value is -1.39. The van der Waals surface area contributed by atoms with E-state index >= 15 is 0 Å². The number of morpholine rings is 1. The van der Waals surface area contributed by atoms with Gasteiger partial charge in [0.05, 0.1) is 13.2 Å². The second-order valence-corrected chi connectivity index (χ2v) is 4.32. The lowest BCUT2D eigenvalue weighted by Crippen LogP contribution is -2.37. The molecule has 3 rings (SSSR count). The molecule has 0 aliphatic carbocycles. The molecule has 1 aliphatic heterocycles. The maximum absolute atomic E-state index is 6.05. The molecule has 17 heavy (non-hydrogen) atoms. The number of aromatic nitrogens is 2. The Morgan fingerprint density at radius 2 is 1.76 bits per heavy atom. The summed E-state index contributed by atoms with van der Waals surface area (Å²) < 4.78 is 5.34. The maximum atomic E-state index is 6.05. The minimum absolute atomic E-state index is 0.456. The average molecular weight is 250 g/mol. The molecule has 0 saturated carbocycles. The molecule has 0 amide bonds. The standard InChI is InChI=1S/C12H12ClN3O/c13-11-9-3-1-2-4-10(9)12(15-14-11)16-5-7-17-8-6-16/h1-4H,5-8H2. The molecule has 0 radical (unpaired) electrons. The molecule has 2 heterocycles.